The molecule has 1 saturated heterocycles. The normalized spacial score (nSPS) is 28.5. The van der Waals surface area contributed by atoms with Crippen LogP contribution >= 0.6 is 0 Å². The SMILES string of the molecule is Nc1ncccc1CN1C[C@H]2C[C@@H](n3cnc4ccccc43)[C@H](O)C[C@H]2C1. The third-order valence-electron chi connectivity index (χ3n) is 6.34. The molecule has 6 nitrogen and oxygen atoms in total. The molecule has 1 saturated carbocycles. The van der Waals surface area contributed by atoms with Gasteiger partial charge >= 0.3 is 0 Å². The van der Waals surface area contributed by atoms with Crippen LogP contribution in [0.2, 0.25) is 0 Å². The molecule has 27 heavy (non-hydrogen) atoms. The van der Waals surface area contributed by atoms with Crippen LogP contribution in [0.15, 0.2) is 48.9 Å². The molecule has 2 fully saturated rings. The Kier molecular flexibility index (Phi) is 4.10. The number of pyridine rings is 1. The summed E-state index contributed by atoms with van der Waals surface area (Å²) in [5, 5.41) is 10.9. The highest BCUT2D eigenvalue weighted by atomic mass is 16.3. The average molecular weight is 363 g/mol. The Bertz CT molecular complexity index is 954. The fourth-order valence-corrected chi connectivity index (χ4v) is 5.00. The molecule has 0 amide bonds. The first-order valence-corrected chi connectivity index (χ1v) is 9.70. The minimum atomic E-state index is -0.327. The summed E-state index contributed by atoms with van der Waals surface area (Å²) in [6.45, 7) is 2.91. The Morgan fingerprint density at radius 2 is 1.85 bits per heavy atom. The quantitative estimate of drug-likeness (QED) is 0.747. The minimum Gasteiger partial charge on any atom is -0.391 e. The van der Waals surface area contributed by atoms with E-state index in [-0.39, 0.29) is 12.1 Å². The predicted octanol–water partition coefficient (Wildman–Crippen LogP) is 2.46. The zero-order valence-electron chi connectivity index (χ0n) is 15.3. The van der Waals surface area contributed by atoms with Crippen LogP contribution in [0.5, 0.6) is 0 Å². The Morgan fingerprint density at radius 3 is 2.70 bits per heavy atom. The highest BCUT2D eigenvalue weighted by molar-refractivity contribution is 5.75. The summed E-state index contributed by atoms with van der Waals surface area (Å²) >= 11 is 0. The molecule has 6 heteroatoms. The molecule has 5 rings (SSSR count). The van der Waals surface area contributed by atoms with Gasteiger partial charge in [-0.25, -0.2) is 9.97 Å². The van der Waals surface area contributed by atoms with Gasteiger partial charge < -0.3 is 15.4 Å². The number of likely N-dealkylation sites (tertiary alicyclic amines) is 1. The van der Waals surface area contributed by atoms with Crippen molar-refractivity contribution in [3.63, 3.8) is 0 Å². The van der Waals surface area contributed by atoms with Crippen LogP contribution in [0.4, 0.5) is 5.82 Å². The van der Waals surface area contributed by atoms with Gasteiger partial charge in [-0.15, -0.1) is 0 Å². The number of hydrogen-bond acceptors (Lipinski definition) is 5. The van der Waals surface area contributed by atoms with E-state index in [4.69, 9.17) is 5.73 Å². The van der Waals surface area contributed by atoms with Crippen molar-refractivity contribution in [1.82, 2.24) is 19.4 Å². The van der Waals surface area contributed by atoms with Crippen molar-refractivity contribution in [2.45, 2.75) is 31.5 Å². The zero-order chi connectivity index (χ0) is 18.4. The van der Waals surface area contributed by atoms with Gasteiger partial charge in [0, 0.05) is 31.4 Å². The van der Waals surface area contributed by atoms with Crippen LogP contribution in [0.25, 0.3) is 11.0 Å². The molecule has 140 valence electrons. The van der Waals surface area contributed by atoms with Gasteiger partial charge in [0.25, 0.3) is 0 Å². The van der Waals surface area contributed by atoms with E-state index in [9.17, 15) is 5.11 Å². The second kappa shape index (κ2) is 6.62. The second-order valence-corrected chi connectivity index (χ2v) is 8.01. The fourth-order valence-electron chi connectivity index (χ4n) is 5.00. The first kappa shape index (κ1) is 16.7. The van der Waals surface area contributed by atoms with Gasteiger partial charge in [-0.1, -0.05) is 18.2 Å². The summed E-state index contributed by atoms with van der Waals surface area (Å²) in [6.07, 6.45) is 5.14. The lowest BCUT2D eigenvalue weighted by Crippen LogP contribution is -2.36. The smallest absolute Gasteiger partial charge is 0.127 e. The molecule has 3 N–H and O–H groups in total. The summed E-state index contributed by atoms with van der Waals surface area (Å²) < 4.78 is 2.18. The van der Waals surface area contributed by atoms with Crippen molar-refractivity contribution in [2.75, 3.05) is 18.8 Å². The Hall–Kier alpha value is -2.44. The Labute approximate surface area is 158 Å². The summed E-state index contributed by atoms with van der Waals surface area (Å²) in [4.78, 5) is 11.2. The van der Waals surface area contributed by atoms with Gasteiger partial charge in [0.15, 0.2) is 0 Å². The van der Waals surface area contributed by atoms with Gasteiger partial charge in [0.2, 0.25) is 0 Å². The van der Waals surface area contributed by atoms with Crippen LogP contribution in [-0.4, -0.2) is 43.7 Å². The molecule has 1 aliphatic carbocycles. The van der Waals surface area contributed by atoms with Crippen LogP contribution in [-0.2, 0) is 6.54 Å². The molecule has 0 spiro atoms. The van der Waals surface area contributed by atoms with E-state index >= 15 is 0 Å². The summed E-state index contributed by atoms with van der Waals surface area (Å²) in [5.74, 6) is 1.76. The van der Waals surface area contributed by atoms with Gasteiger partial charge in [-0.3, -0.25) is 4.90 Å². The number of aliphatic hydroxyl groups is 1. The van der Waals surface area contributed by atoms with Crippen molar-refractivity contribution in [2.24, 2.45) is 11.8 Å². The minimum absolute atomic E-state index is 0.0991. The number of aromatic nitrogens is 3. The highest BCUT2D eigenvalue weighted by Gasteiger charge is 2.42. The third kappa shape index (κ3) is 2.99. The van der Waals surface area contributed by atoms with E-state index < -0.39 is 0 Å². The lowest BCUT2D eigenvalue weighted by Gasteiger charge is -2.36. The first-order valence-electron chi connectivity index (χ1n) is 9.70. The number of hydrogen-bond donors (Lipinski definition) is 2. The van der Waals surface area contributed by atoms with Crippen LogP contribution in [0.1, 0.15) is 24.4 Å². The molecule has 1 aliphatic heterocycles. The lowest BCUT2D eigenvalue weighted by molar-refractivity contribution is 0.0374. The Balaban J connectivity index is 1.34. The van der Waals surface area contributed by atoms with E-state index in [1.54, 1.807) is 6.20 Å². The maximum absolute atomic E-state index is 10.9. The molecule has 4 atom stereocenters. The molecular formula is C21H25N5O. The van der Waals surface area contributed by atoms with Crippen LogP contribution in [0.3, 0.4) is 0 Å². The topological polar surface area (TPSA) is 80.2 Å². The van der Waals surface area contributed by atoms with E-state index in [2.05, 4.69) is 31.6 Å². The number of rotatable bonds is 3. The number of aliphatic hydroxyl groups excluding tert-OH is 1. The van der Waals surface area contributed by atoms with Gasteiger partial charge in [-0.05, 0) is 42.9 Å². The van der Waals surface area contributed by atoms with E-state index in [0.717, 1.165) is 49.1 Å². The summed E-state index contributed by atoms with van der Waals surface area (Å²) in [5.41, 5.74) is 9.21. The van der Waals surface area contributed by atoms with E-state index in [1.165, 1.54) is 0 Å². The molecule has 0 bridgehead atoms. The van der Waals surface area contributed by atoms with Crippen molar-refractivity contribution >= 4 is 16.9 Å². The van der Waals surface area contributed by atoms with Gasteiger partial charge in [0.05, 0.1) is 29.5 Å². The standard InChI is InChI=1S/C21H25N5O/c22-21-14(4-3-7-23-21)10-25-11-15-8-19(20(27)9-16(15)12-25)26-13-24-17-5-1-2-6-18(17)26/h1-7,13,15-16,19-20,27H,8-12H2,(H2,22,23)/t15-,16+,19-,20-/m1/s1. The number of nitrogens with two attached hydrogens (primary N) is 1. The van der Waals surface area contributed by atoms with E-state index in [1.807, 2.05) is 30.6 Å². The van der Waals surface area contributed by atoms with Crippen LogP contribution < -0.4 is 5.73 Å². The van der Waals surface area contributed by atoms with Crippen molar-refractivity contribution < 1.29 is 5.11 Å². The monoisotopic (exact) mass is 363 g/mol. The molecular weight excluding hydrogens is 338 g/mol. The fraction of sp³-hybridized carbons (Fsp3) is 0.429. The Morgan fingerprint density at radius 1 is 1.04 bits per heavy atom. The number of benzene rings is 1. The second-order valence-electron chi connectivity index (χ2n) is 8.01. The molecule has 0 unspecified atom stereocenters. The molecule has 1 aromatic carbocycles. The number of nitrogen functional groups attached to an aromatic ring is 1. The zero-order valence-corrected chi connectivity index (χ0v) is 15.3. The number of para-hydroxylation sites is 2. The number of anilines is 1. The van der Waals surface area contributed by atoms with Crippen molar-refractivity contribution in [3.05, 3.63) is 54.5 Å². The summed E-state index contributed by atoms with van der Waals surface area (Å²) in [6, 6.07) is 12.3. The highest BCUT2D eigenvalue weighted by Crippen LogP contribution is 2.42. The van der Waals surface area contributed by atoms with Gasteiger partial charge in [0.1, 0.15) is 5.82 Å². The number of nitrogens with zero attached hydrogens (tertiary/aromatic N) is 4. The lowest BCUT2D eigenvalue weighted by atomic mass is 9.77. The molecule has 3 heterocycles. The van der Waals surface area contributed by atoms with E-state index in [0.29, 0.717) is 17.7 Å². The molecule has 3 aromatic rings. The molecule has 2 aromatic heterocycles. The summed E-state index contributed by atoms with van der Waals surface area (Å²) in [7, 11) is 0. The largest absolute Gasteiger partial charge is 0.391 e. The number of imidazole rings is 1. The van der Waals surface area contributed by atoms with Crippen LogP contribution in [0, 0.1) is 11.8 Å². The van der Waals surface area contributed by atoms with Crippen molar-refractivity contribution in [3.8, 4) is 0 Å². The number of fused-ring (bicyclic) bond motifs is 2. The predicted molar refractivity (Wildman–Crippen MR) is 105 cm³/mol. The first-order chi connectivity index (χ1) is 13.2. The molecule has 0 radical (unpaired) electrons. The maximum Gasteiger partial charge on any atom is 0.127 e. The maximum atomic E-state index is 10.9. The molecule has 2 aliphatic rings. The third-order valence-corrected chi connectivity index (χ3v) is 6.34. The van der Waals surface area contributed by atoms with Gasteiger partial charge in [-0.2, -0.15) is 0 Å². The average Bonchev–Trinajstić information content (AvgIpc) is 3.26. The van der Waals surface area contributed by atoms with Crippen molar-refractivity contribution in [1.29, 1.82) is 0 Å².